The largest absolute Gasteiger partial charge is 0.371 e. The molecule has 0 saturated carbocycles. The molecule has 1 unspecified atom stereocenters. The van der Waals surface area contributed by atoms with E-state index in [1.165, 1.54) is 17.7 Å². The van der Waals surface area contributed by atoms with E-state index < -0.39 is 0 Å². The van der Waals surface area contributed by atoms with E-state index >= 15 is 0 Å². The highest BCUT2D eigenvalue weighted by Crippen LogP contribution is 2.26. The van der Waals surface area contributed by atoms with Crippen LogP contribution in [0.4, 0.5) is 5.69 Å². The van der Waals surface area contributed by atoms with Crippen LogP contribution in [-0.2, 0) is 0 Å². The molecule has 0 fully saturated rings. The lowest BCUT2D eigenvalue weighted by molar-refractivity contribution is 0.400. The predicted molar refractivity (Wildman–Crippen MR) is 84.7 cm³/mol. The predicted octanol–water partition coefficient (Wildman–Crippen LogP) is 2.87. The minimum absolute atomic E-state index is 0.138. The van der Waals surface area contributed by atoms with E-state index in [1.54, 1.807) is 0 Å². The first-order valence-corrected chi connectivity index (χ1v) is 7.34. The van der Waals surface area contributed by atoms with E-state index in [2.05, 4.69) is 62.0 Å². The molecule has 0 aliphatic carbocycles. The maximum absolute atomic E-state index is 6.23. The van der Waals surface area contributed by atoms with E-state index in [9.17, 15) is 0 Å². The molecule has 1 aromatic rings. The lowest BCUT2D eigenvalue weighted by Gasteiger charge is -2.28. The SMILES string of the molecule is CCC(N)c1ccccc1N(CC)CCCN(C)C. The second-order valence-corrected chi connectivity index (χ2v) is 5.31. The molecule has 3 nitrogen and oxygen atoms in total. The van der Waals surface area contributed by atoms with Crippen molar-refractivity contribution >= 4 is 5.69 Å². The normalized spacial score (nSPS) is 12.7. The van der Waals surface area contributed by atoms with Crippen molar-refractivity contribution in [3.05, 3.63) is 29.8 Å². The summed E-state index contributed by atoms with van der Waals surface area (Å²) in [6.45, 7) is 7.59. The van der Waals surface area contributed by atoms with Crippen LogP contribution in [0.1, 0.15) is 38.3 Å². The summed E-state index contributed by atoms with van der Waals surface area (Å²) in [5, 5.41) is 0. The standard InChI is InChI=1S/C16H29N3/c1-5-15(17)14-10-7-8-11-16(14)19(6-2)13-9-12-18(3)4/h7-8,10-11,15H,5-6,9,12-13,17H2,1-4H3. The average Bonchev–Trinajstić information content (AvgIpc) is 2.42. The van der Waals surface area contributed by atoms with Gasteiger partial charge in [0.25, 0.3) is 0 Å². The highest BCUT2D eigenvalue weighted by atomic mass is 15.1. The van der Waals surface area contributed by atoms with Gasteiger partial charge < -0.3 is 15.5 Å². The summed E-state index contributed by atoms with van der Waals surface area (Å²) in [7, 11) is 4.24. The number of para-hydroxylation sites is 1. The fourth-order valence-electron chi connectivity index (χ4n) is 2.34. The summed E-state index contributed by atoms with van der Waals surface area (Å²) in [6, 6.07) is 8.69. The molecule has 0 aliphatic heterocycles. The monoisotopic (exact) mass is 263 g/mol. The first-order chi connectivity index (χ1) is 9.10. The smallest absolute Gasteiger partial charge is 0.0414 e. The van der Waals surface area contributed by atoms with Gasteiger partial charge in [-0.1, -0.05) is 25.1 Å². The molecule has 108 valence electrons. The fourth-order valence-corrected chi connectivity index (χ4v) is 2.34. The Kier molecular flexibility index (Phi) is 6.89. The molecule has 0 heterocycles. The Morgan fingerprint density at radius 1 is 1.11 bits per heavy atom. The number of nitrogens with zero attached hydrogens (tertiary/aromatic N) is 2. The van der Waals surface area contributed by atoms with Crippen molar-refractivity contribution in [3.63, 3.8) is 0 Å². The summed E-state index contributed by atoms with van der Waals surface area (Å²) in [6.07, 6.45) is 2.16. The van der Waals surface area contributed by atoms with Gasteiger partial charge in [0.2, 0.25) is 0 Å². The fraction of sp³-hybridized carbons (Fsp3) is 0.625. The van der Waals surface area contributed by atoms with Gasteiger partial charge in [0.15, 0.2) is 0 Å². The Morgan fingerprint density at radius 3 is 2.37 bits per heavy atom. The molecular weight excluding hydrogens is 234 g/mol. The zero-order chi connectivity index (χ0) is 14.3. The highest BCUT2D eigenvalue weighted by molar-refractivity contribution is 5.54. The first-order valence-electron chi connectivity index (χ1n) is 7.34. The van der Waals surface area contributed by atoms with Crippen LogP contribution in [0.2, 0.25) is 0 Å². The van der Waals surface area contributed by atoms with Crippen molar-refractivity contribution in [2.75, 3.05) is 38.6 Å². The molecule has 19 heavy (non-hydrogen) atoms. The van der Waals surface area contributed by atoms with Crippen LogP contribution < -0.4 is 10.6 Å². The van der Waals surface area contributed by atoms with Crippen LogP contribution in [0.5, 0.6) is 0 Å². The van der Waals surface area contributed by atoms with E-state index in [0.717, 1.165) is 26.1 Å². The third-order valence-electron chi connectivity index (χ3n) is 3.53. The summed E-state index contributed by atoms with van der Waals surface area (Å²) in [4.78, 5) is 4.67. The zero-order valence-electron chi connectivity index (χ0n) is 12.9. The number of rotatable bonds is 8. The Bertz CT molecular complexity index is 363. The minimum atomic E-state index is 0.138. The number of benzene rings is 1. The summed E-state index contributed by atoms with van der Waals surface area (Å²) in [5.74, 6) is 0. The molecule has 0 aliphatic rings. The first kappa shape index (κ1) is 16.0. The molecule has 0 aromatic heterocycles. The lowest BCUT2D eigenvalue weighted by Crippen LogP contribution is -2.28. The van der Waals surface area contributed by atoms with Crippen molar-refractivity contribution in [1.82, 2.24) is 4.90 Å². The second kappa shape index (κ2) is 8.18. The van der Waals surface area contributed by atoms with Gasteiger partial charge >= 0.3 is 0 Å². The third-order valence-corrected chi connectivity index (χ3v) is 3.53. The van der Waals surface area contributed by atoms with Gasteiger partial charge in [-0.15, -0.1) is 0 Å². The molecule has 0 bridgehead atoms. The Labute approximate surface area is 118 Å². The van der Waals surface area contributed by atoms with Crippen LogP contribution in [-0.4, -0.2) is 38.6 Å². The summed E-state index contributed by atoms with van der Waals surface area (Å²) < 4.78 is 0. The average molecular weight is 263 g/mol. The van der Waals surface area contributed by atoms with Crippen LogP contribution in [0.15, 0.2) is 24.3 Å². The summed E-state index contributed by atoms with van der Waals surface area (Å²) in [5.41, 5.74) is 8.81. The highest BCUT2D eigenvalue weighted by Gasteiger charge is 2.13. The van der Waals surface area contributed by atoms with Gasteiger partial charge in [-0.3, -0.25) is 0 Å². The molecule has 1 aromatic carbocycles. The van der Waals surface area contributed by atoms with Crippen molar-refractivity contribution in [2.24, 2.45) is 5.73 Å². The van der Waals surface area contributed by atoms with E-state index in [4.69, 9.17) is 5.73 Å². The zero-order valence-corrected chi connectivity index (χ0v) is 12.9. The molecular formula is C16H29N3. The Morgan fingerprint density at radius 2 is 1.79 bits per heavy atom. The van der Waals surface area contributed by atoms with Crippen LogP contribution in [0.3, 0.4) is 0 Å². The number of anilines is 1. The van der Waals surface area contributed by atoms with Gasteiger partial charge in [-0.25, -0.2) is 0 Å². The van der Waals surface area contributed by atoms with Gasteiger partial charge in [0.1, 0.15) is 0 Å². The van der Waals surface area contributed by atoms with Gasteiger partial charge in [-0.05, 0) is 52.0 Å². The van der Waals surface area contributed by atoms with Crippen molar-refractivity contribution in [2.45, 2.75) is 32.7 Å². The van der Waals surface area contributed by atoms with Gasteiger partial charge in [-0.2, -0.15) is 0 Å². The van der Waals surface area contributed by atoms with Crippen molar-refractivity contribution < 1.29 is 0 Å². The molecule has 1 rings (SSSR count). The van der Waals surface area contributed by atoms with Crippen molar-refractivity contribution in [1.29, 1.82) is 0 Å². The Balaban J connectivity index is 2.79. The third kappa shape index (κ3) is 4.84. The maximum atomic E-state index is 6.23. The quantitative estimate of drug-likeness (QED) is 0.783. The summed E-state index contributed by atoms with van der Waals surface area (Å²) >= 11 is 0. The Hall–Kier alpha value is -1.06. The van der Waals surface area contributed by atoms with Crippen LogP contribution in [0, 0.1) is 0 Å². The number of hydrogen-bond acceptors (Lipinski definition) is 3. The molecule has 0 saturated heterocycles. The number of hydrogen-bond donors (Lipinski definition) is 1. The van der Waals surface area contributed by atoms with E-state index in [1.807, 2.05) is 0 Å². The van der Waals surface area contributed by atoms with E-state index in [-0.39, 0.29) is 6.04 Å². The lowest BCUT2D eigenvalue weighted by atomic mass is 10.0. The molecule has 0 spiro atoms. The van der Waals surface area contributed by atoms with Crippen molar-refractivity contribution in [3.8, 4) is 0 Å². The molecule has 0 radical (unpaired) electrons. The number of nitrogens with two attached hydrogens (primary N) is 1. The minimum Gasteiger partial charge on any atom is -0.371 e. The van der Waals surface area contributed by atoms with Crippen LogP contribution >= 0.6 is 0 Å². The van der Waals surface area contributed by atoms with Gasteiger partial charge in [0.05, 0.1) is 0 Å². The van der Waals surface area contributed by atoms with Crippen LogP contribution in [0.25, 0.3) is 0 Å². The molecule has 2 N–H and O–H groups in total. The topological polar surface area (TPSA) is 32.5 Å². The van der Waals surface area contributed by atoms with E-state index in [0.29, 0.717) is 0 Å². The molecule has 1 atom stereocenters. The second-order valence-electron chi connectivity index (χ2n) is 5.31. The maximum Gasteiger partial charge on any atom is 0.0414 e. The van der Waals surface area contributed by atoms with Gasteiger partial charge in [0, 0.05) is 24.8 Å². The molecule has 0 amide bonds. The molecule has 3 heteroatoms.